The van der Waals surface area contributed by atoms with E-state index in [0.717, 1.165) is 0 Å². The molecule has 138 valence electrons. The van der Waals surface area contributed by atoms with Crippen LogP contribution in [-0.2, 0) is 24.3 Å². The lowest BCUT2D eigenvalue weighted by Gasteiger charge is -2.29. The number of nitrogens with zero attached hydrogens (tertiary/aromatic N) is 1. The molecule has 25 heavy (non-hydrogen) atoms. The first kappa shape index (κ1) is 19.2. The van der Waals surface area contributed by atoms with E-state index in [0.29, 0.717) is 25.1 Å². The third-order valence-electron chi connectivity index (χ3n) is 4.00. The second kappa shape index (κ2) is 8.30. The Bertz CT molecular complexity index is 715. The quantitative estimate of drug-likeness (QED) is 0.715. The molecule has 1 heterocycles. The summed E-state index contributed by atoms with van der Waals surface area (Å²) >= 11 is 0. The Morgan fingerprint density at radius 3 is 2.56 bits per heavy atom. The molecule has 1 aromatic rings. The Kier molecular flexibility index (Phi) is 6.38. The van der Waals surface area contributed by atoms with Crippen LogP contribution in [0.3, 0.4) is 0 Å². The first-order valence-electron chi connectivity index (χ1n) is 7.87. The molecule has 1 atom stereocenters. The maximum atomic E-state index is 12.6. The molecule has 0 bridgehead atoms. The SMILES string of the molecule is COC(=O)CCOc1ccc(S(=O)(=O)N2CCCC(C(=O)O)C2)cc1. The van der Waals surface area contributed by atoms with Gasteiger partial charge in [-0.05, 0) is 37.1 Å². The number of carbonyl (C=O) groups excluding carboxylic acids is 1. The number of carboxylic acids is 1. The van der Waals surface area contributed by atoms with Crippen LogP contribution in [0, 0.1) is 5.92 Å². The summed E-state index contributed by atoms with van der Waals surface area (Å²) in [6.45, 7) is 0.420. The average molecular weight is 371 g/mol. The van der Waals surface area contributed by atoms with Crippen LogP contribution in [-0.4, -0.2) is 56.6 Å². The zero-order valence-corrected chi connectivity index (χ0v) is 14.7. The van der Waals surface area contributed by atoms with Gasteiger partial charge < -0.3 is 14.6 Å². The van der Waals surface area contributed by atoms with Gasteiger partial charge in [0.25, 0.3) is 0 Å². The highest BCUT2D eigenvalue weighted by molar-refractivity contribution is 7.89. The Balaban J connectivity index is 2.02. The Hall–Kier alpha value is -2.13. The fourth-order valence-corrected chi connectivity index (χ4v) is 4.10. The van der Waals surface area contributed by atoms with Crippen LogP contribution in [0.4, 0.5) is 0 Å². The van der Waals surface area contributed by atoms with Crippen molar-refractivity contribution in [1.29, 1.82) is 0 Å². The Labute approximate surface area is 146 Å². The number of piperidine rings is 1. The average Bonchev–Trinajstić information content (AvgIpc) is 2.62. The molecule has 0 aromatic heterocycles. The largest absolute Gasteiger partial charge is 0.493 e. The van der Waals surface area contributed by atoms with E-state index in [2.05, 4.69) is 4.74 Å². The lowest BCUT2D eigenvalue weighted by atomic mass is 10.0. The monoisotopic (exact) mass is 371 g/mol. The first-order valence-corrected chi connectivity index (χ1v) is 9.31. The van der Waals surface area contributed by atoms with E-state index in [1.807, 2.05) is 0 Å². The van der Waals surface area contributed by atoms with Gasteiger partial charge in [0.05, 0.1) is 31.0 Å². The van der Waals surface area contributed by atoms with Crippen molar-refractivity contribution in [2.24, 2.45) is 5.92 Å². The highest BCUT2D eigenvalue weighted by Crippen LogP contribution is 2.25. The molecule has 1 saturated heterocycles. The fourth-order valence-electron chi connectivity index (χ4n) is 2.57. The second-order valence-electron chi connectivity index (χ2n) is 5.69. The molecule has 1 fully saturated rings. The van der Waals surface area contributed by atoms with Crippen LogP contribution in [0.25, 0.3) is 0 Å². The minimum atomic E-state index is -3.74. The van der Waals surface area contributed by atoms with E-state index in [-0.39, 0.29) is 24.5 Å². The van der Waals surface area contributed by atoms with Gasteiger partial charge in [-0.2, -0.15) is 4.31 Å². The molecule has 0 radical (unpaired) electrons. The van der Waals surface area contributed by atoms with Gasteiger partial charge in [-0.25, -0.2) is 8.42 Å². The summed E-state index contributed by atoms with van der Waals surface area (Å²) in [5, 5.41) is 9.10. The van der Waals surface area contributed by atoms with Crippen LogP contribution in [0.1, 0.15) is 19.3 Å². The zero-order valence-electron chi connectivity index (χ0n) is 13.9. The molecule has 1 unspecified atom stereocenters. The Morgan fingerprint density at radius 2 is 1.96 bits per heavy atom. The molecule has 0 aliphatic carbocycles. The predicted octanol–water partition coefficient (Wildman–Crippen LogP) is 1.11. The summed E-state index contributed by atoms with van der Waals surface area (Å²) < 4.78 is 36.3. The van der Waals surface area contributed by atoms with Crippen molar-refractivity contribution in [3.63, 3.8) is 0 Å². The molecule has 1 aliphatic heterocycles. The zero-order chi connectivity index (χ0) is 18.4. The van der Waals surface area contributed by atoms with Gasteiger partial charge in [0.2, 0.25) is 10.0 Å². The number of methoxy groups -OCH3 is 1. The van der Waals surface area contributed by atoms with E-state index >= 15 is 0 Å². The van der Waals surface area contributed by atoms with E-state index in [4.69, 9.17) is 9.84 Å². The summed E-state index contributed by atoms with van der Waals surface area (Å²) in [5.41, 5.74) is 0. The standard InChI is InChI=1S/C16H21NO7S/c1-23-15(18)8-10-24-13-4-6-14(7-5-13)25(21,22)17-9-2-3-12(11-17)16(19)20/h4-7,12H,2-3,8-11H2,1H3,(H,19,20). The van der Waals surface area contributed by atoms with Crippen LogP contribution in [0.2, 0.25) is 0 Å². The van der Waals surface area contributed by atoms with Gasteiger partial charge in [-0.15, -0.1) is 0 Å². The number of carbonyl (C=O) groups is 2. The van der Waals surface area contributed by atoms with Crippen LogP contribution >= 0.6 is 0 Å². The van der Waals surface area contributed by atoms with Crippen molar-refractivity contribution in [1.82, 2.24) is 4.31 Å². The highest BCUT2D eigenvalue weighted by atomic mass is 32.2. The van der Waals surface area contributed by atoms with Crippen molar-refractivity contribution in [3.8, 4) is 5.75 Å². The van der Waals surface area contributed by atoms with Gasteiger partial charge in [0.15, 0.2) is 0 Å². The van der Waals surface area contributed by atoms with Crippen molar-refractivity contribution in [2.45, 2.75) is 24.2 Å². The first-order chi connectivity index (χ1) is 11.8. The van der Waals surface area contributed by atoms with Gasteiger partial charge >= 0.3 is 11.9 Å². The summed E-state index contributed by atoms with van der Waals surface area (Å²) in [6.07, 6.45) is 1.10. The molecule has 9 heteroatoms. The number of esters is 1. The van der Waals surface area contributed by atoms with Gasteiger partial charge in [0.1, 0.15) is 5.75 Å². The molecule has 8 nitrogen and oxygen atoms in total. The Morgan fingerprint density at radius 1 is 1.28 bits per heavy atom. The minimum Gasteiger partial charge on any atom is -0.493 e. The number of ether oxygens (including phenoxy) is 2. The summed E-state index contributed by atoms with van der Waals surface area (Å²) in [5.74, 6) is -1.61. The molecular formula is C16H21NO7S. The smallest absolute Gasteiger partial charge is 0.308 e. The number of aliphatic carboxylic acids is 1. The molecule has 1 N–H and O–H groups in total. The number of carboxylic acid groups (broad SMARTS) is 1. The van der Waals surface area contributed by atoms with E-state index in [1.54, 1.807) is 0 Å². The van der Waals surface area contributed by atoms with Crippen molar-refractivity contribution < 1.29 is 32.6 Å². The minimum absolute atomic E-state index is 0.0188. The lowest BCUT2D eigenvalue weighted by molar-refractivity contribution is -0.143. The van der Waals surface area contributed by atoms with Crippen molar-refractivity contribution in [2.75, 3.05) is 26.8 Å². The molecular weight excluding hydrogens is 350 g/mol. The van der Waals surface area contributed by atoms with Crippen LogP contribution < -0.4 is 4.74 Å². The summed E-state index contributed by atoms with van der Waals surface area (Å²) in [6, 6.07) is 5.83. The van der Waals surface area contributed by atoms with E-state index in [1.165, 1.54) is 35.7 Å². The number of hydrogen-bond acceptors (Lipinski definition) is 6. The topological polar surface area (TPSA) is 110 Å². The third-order valence-corrected chi connectivity index (χ3v) is 5.88. The highest BCUT2D eigenvalue weighted by Gasteiger charge is 2.33. The van der Waals surface area contributed by atoms with Crippen LogP contribution in [0.15, 0.2) is 29.2 Å². The maximum Gasteiger partial charge on any atom is 0.308 e. The molecule has 0 amide bonds. The number of rotatable bonds is 7. The van der Waals surface area contributed by atoms with Gasteiger partial charge in [0, 0.05) is 13.1 Å². The molecule has 0 saturated carbocycles. The van der Waals surface area contributed by atoms with Crippen molar-refractivity contribution >= 4 is 22.0 Å². The number of benzene rings is 1. The lowest BCUT2D eigenvalue weighted by Crippen LogP contribution is -2.42. The second-order valence-corrected chi connectivity index (χ2v) is 7.62. The van der Waals surface area contributed by atoms with Gasteiger partial charge in [-0.3, -0.25) is 9.59 Å². The van der Waals surface area contributed by atoms with E-state index < -0.39 is 27.9 Å². The van der Waals surface area contributed by atoms with Gasteiger partial charge in [-0.1, -0.05) is 0 Å². The number of hydrogen-bond donors (Lipinski definition) is 1. The summed E-state index contributed by atoms with van der Waals surface area (Å²) in [7, 11) is -2.45. The predicted molar refractivity (Wildman–Crippen MR) is 87.7 cm³/mol. The summed E-state index contributed by atoms with van der Waals surface area (Å²) in [4.78, 5) is 22.2. The van der Waals surface area contributed by atoms with Crippen molar-refractivity contribution in [3.05, 3.63) is 24.3 Å². The fraction of sp³-hybridized carbons (Fsp3) is 0.500. The molecule has 1 aliphatic rings. The van der Waals surface area contributed by atoms with Crippen LogP contribution in [0.5, 0.6) is 5.75 Å². The molecule has 0 spiro atoms. The van der Waals surface area contributed by atoms with E-state index in [9.17, 15) is 18.0 Å². The number of sulfonamides is 1. The molecule has 1 aromatic carbocycles. The third kappa shape index (κ3) is 4.93. The molecule has 2 rings (SSSR count). The normalized spacial score (nSPS) is 18.5. The maximum absolute atomic E-state index is 12.6.